The van der Waals surface area contributed by atoms with Crippen molar-refractivity contribution in [1.82, 2.24) is 19.2 Å². The van der Waals surface area contributed by atoms with Crippen LogP contribution in [-0.4, -0.2) is 52.3 Å². The Morgan fingerprint density at radius 1 is 1.35 bits per heavy atom. The Bertz CT molecular complexity index is 1050. The fraction of sp³-hybridized carbons (Fsp3) is 0.333. The molecule has 0 unspecified atom stereocenters. The first-order chi connectivity index (χ1) is 15.0. The van der Waals surface area contributed by atoms with E-state index >= 15 is 0 Å². The van der Waals surface area contributed by atoms with E-state index in [-0.39, 0.29) is 12.5 Å². The first kappa shape index (κ1) is 23.2. The van der Waals surface area contributed by atoms with E-state index in [0.29, 0.717) is 40.7 Å². The molecule has 0 saturated carbocycles. The number of rotatable bonds is 10. The molecular formula is C21H26ClN5O3S. The maximum absolute atomic E-state index is 13.1. The lowest BCUT2D eigenvalue weighted by atomic mass is 10.1. The zero-order valence-electron chi connectivity index (χ0n) is 17.7. The zero-order chi connectivity index (χ0) is 22.4. The molecule has 0 radical (unpaired) electrons. The van der Waals surface area contributed by atoms with Crippen LogP contribution in [0.1, 0.15) is 29.3 Å². The van der Waals surface area contributed by atoms with Gasteiger partial charge in [0.25, 0.3) is 5.91 Å². The molecule has 0 fully saturated rings. The number of anilines is 1. The molecular weight excluding hydrogens is 438 g/mol. The number of hydrogen-bond donors (Lipinski definition) is 3. The van der Waals surface area contributed by atoms with Crippen LogP contribution in [0.2, 0.25) is 5.02 Å². The summed E-state index contributed by atoms with van der Waals surface area (Å²) in [6, 6.07) is 7.13. The van der Waals surface area contributed by atoms with E-state index in [1.807, 2.05) is 33.0 Å². The molecule has 166 valence electrons. The number of aromatic nitrogens is 2. The number of nitrogens with one attached hydrogen (secondary N) is 2. The average molecular weight is 464 g/mol. The third-order valence-electron chi connectivity index (χ3n) is 4.70. The predicted octanol–water partition coefficient (Wildman–Crippen LogP) is 4.13. The smallest absolute Gasteiger partial charge is 0.255 e. The molecule has 1 aromatic carbocycles. The number of aliphatic hydroxyl groups is 1. The molecule has 0 bridgehead atoms. The second kappa shape index (κ2) is 10.7. The molecule has 0 aliphatic rings. The van der Waals surface area contributed by atoms with Crippen LogP contribution < -0.4 is 14.2 Å². The van der Waals surface area contributed by atoms with Crippen LogP contribution in [0.25, 0.3) is 5.52 Å². The van der Waals surface area contributed by atoms with Gasteiger partial charge in [-0.05, 0) is 38.1 Å². The van der Waals surface area contributed by atoms with Crippen LogP contribution in [0, 0.1) is 6.92 Å². The molecule has 0 spiro atoms. The van der Waals surface area contributed by atoms with Crippen molar-refractivity contribution in [2.75, 3.05) is 31.5 Å². The van der Waals surface area contributed by atoms with Gasteiger partial charge in [-0.1, -0.05) is 18.5 Å². The Labute approximate surface area is 190 Å². The van der Waals surface area contributed by atoms with E-state index in [0.717, 1.165) is 17.7 Å². The number of hydrogen-bond acceptors (Lipinski definition) is 7. The van der Waals surface area contributed by atoms with E-state index in [2.05, 4.69) is 14.5 Å². The van der Waals surface area contributed by atoms with Crippen molar-refractivity contribution in [2.24, 2.45) is 0 Å². The Kier molecular flexibility index (Phi) is 8.03. The van der Waals surface area contributed by atoms with Crippen molar-refractivity contribution >= 4 is 40.8 Å². The minimum Gasteiger partial charge on any atom is -0.455 e. The largest absolute Gasteiger partial charge is 0.455 e. The number of amides is 1. The second-order valence-corrected chi connectivity index (χ2v) is 8.05. The molecule has 2 heterocycles. The highest BCUT2D eigenvalue weighted by molar-refractivity contribution is 7.98. The Morgan fingerprint density at radius 2 is 2.16 bits per heavy atom. The van der Waals surface area contributed by atoms with Crippen molar-refractivity contribution in [1.29, 1.82) is 0 Å². The Balaban J connectivity index is 1.92. The van der Waals surface area contributed by atoms with Gasteiger partial charge in [0.2, 0.25) is 0 Å². The predicted molar refractivity (Wildman–Crippen MR) is 125 cm³/mol. The summed E-state index contributed by atoms with van der Waals surface area (Å²) in [5, 5.41) is 14.2. The third kappa shape index (κ3) is 5.24. The summed E-state index contributed by atoms with van der Waals surface area (Å²) in [5.41, 5.74) is 2.77. The number of carbonyl (C=O) groups is 1. The Morgan fingerprint density at radius 3 is 2.84 bits per heavy atom. The molecule has 0 saturated heterocycles. The summed E-state index contributed by atoms with van der Waals surface area (Å²) >= 11 is 7.66. The van der Waals surface area contributed by atoms with Gasteiger partial charge < -0.3 is 19.5 Å². The van der Waals surface area contributed by atoms with Crippen molar-refractivity contribution < 1.29 is 14.6 Å². The SMILES string of the molecule is CCCN(CCO)C(=O)c1cn2nccc(Oc3ccc(NSNC)c(Cl)c3)c2c1C. The Hall–Kier alpha value is -2.46. The molecule has 3 N–H and O–H groups in total. The molecule has 2 aromatic heterocycles. The number of halogens is 1. The lowest BCUT2D eigenvalue weighted by Crippen LogP contribution is -2.34. The van der Waals surface area contributed by atoms with Gasteiger partial charge >= 0.3 is 0 Å². The molecule has 3 rings (SSSR count). The first-order valence-electron chi connectivity index (χ1n) is 9.93. The number of benzene rings is 1. The van der Waals surface area contributed by atoms with Crippen LogP contribution in [0.3, 0.4) is 0 Å². The summed E-state index contributed by atoms with van der Waals surface area (Å²) in [6.45, 7) is 4.66. The van der Waals surface area contributed by atoms with Gasteiger partial charge in [0.05, 0.1) is 29.1 Å². The molecule has 1 amide bonds. The molecule has 0 aliphatic heterocycles. The van der Waals surface area contributed by atoms with Gasteiger partial charge in [0.15, 0.2) is 5.75 Å². The minimum absolute atomic E-state index is 0.0802. The lowest BCUT2D eigenvalue weighted by Gasteiger charge is -2.20. The fourth-order valence-corrected chi connectivity index (χ4v) is 3.94. The number of ether oxygens (including phenoxy) is 1. The van der Waals surface area contributed by atoms with Crippen molar-refractivity contribution in [3.8, 4) is 11.5 Å². The summed E-state index contributed by atoms with van der Waals surface area (Å²) in [4.78, 5) is 14.7. The van der Waals surface area contributed by atoms with Gasteiger partial charge in [-0.25, -0.2) is 9.24 Å². The van der Waals surface area contributed by atoms with E-state index in [1.54, 1.807) is 33.9 Å². The number of aliphatic hydroxyl groups excluding tert-OH is 1. The lowest BCUT2D eigenvalue weighted by molar-refractivity contribution is 0.0721. The highest BCUT2D eigenvalue weighted by Crippen LogP contribution is 2.34. The van der Waals surface area contributed by atoms with Crippen LogP contribution in [0.5, 0.6) is 11.5 Å². The van der Waals surface area contributed by atoms with Gasteiger partial charge in [-0.3, -0.25) is 4.79 Å². The number of nitrogens with zero attached hydrogens (tertiary/aromatic N) is 3. The number of aryl methyl sites for hydroxylation is 1. The second-order valence-electron chi connectivity index (χ2n) is 6.82. The standard InChI is InChI=1S/C21H26ClN5O3S/c1-4-9-26(10-11-28)21(29)16-13-27-20(14(16)2)19(7-8-24-27)30-15-5-6-18(17(22)12-15)25-31-23-3/h5-8,12-13,23,25,28H,4,9-11H2,1-3H3. The van der Waals surface area contributed by atoms with E-state index in [9.17, 15) is 9.90 Å². The fourth-order valence-electron chi connectivity index (χ4n) is 3.27. The zero-order valence-corrected chi connectivity index (χ0v) is 19.3. The average Bonchev–Trinajstić information content (AvgIpc) is 3.10. The highest BCUT2D eigenvalue weighted by atomic mass is 35.5. The molecule has 3 aromatic rings. The summed E-state index contributed by atoms with van der Waals surface area (Å²) in [5.74, 6) is 1.00. The molecule has 31 heavy (non-hydrogen) atoms. The van der Waals surface area contributed by atoms with Crippen molar-refractivity contribution in [3.05, 3.63) is 52.8 Å². The van der Waals surface area contributed by atoms with E-state index in [1.165, 1.54) is 12.1 Å². The molecule has 0 atom stereocenters. The summed E-state index contributed by atoms with van der Waals surface area (Å²) in [6.07, 6.45) is 4.13. The number of fused-ring (bicyclic) bond motifs is 1. The summed E-state index contributed by atoms with van der Waals surface area (Å²) < 4.78 is 13.7. The number of carbonyl (C=O) groups excluding carboxylic acids is 1. The quantitative estimate of drug-likeness (QED) is 0.389. The van der Waals surface area contributed by atoms with Gasteiger partial charge in [0, 0.05) is 43.6 Å². The first-order valence-corrected chi connectivity index (χ1v) is 11.1. The molecule has 0 aliphatic carbocycles. The van der Waals surface area contributed by atoms with Gasteiger partial charge in [-0.2, -0.15) is 5.10 Å². The van der Waals surface area contributed by atoms with Crippen LogP contribution in [0.15, 0.2) is 36.7 Å². The topological polar surface area (TPSA) is 91.1 Å². The van der Waals surface area contributed by atoms with Crippen molar-refractivity contribution in [2.45, 2.75) is 20.3 Å². The highest BCUT2D eigenvalue weighted by Gasteiger charge is 2.22. The van der Waals surface area contributed by atoms with Crippen LogP contribution >= 0.6 is 23.7 Å². The maximum Gasteiger partial charge on any atom is 0.255 e. The normalized spacial score (nSPS) is 11.0. The van der Waals surface area contributed by atoms with Crippen molar-refractivity contribution in [3.63, 3.8) is 0 Å². The van der Waals surface area contributed by atoms with E-state index in [4.69, 9.17) is 16.3 Å². The molecule has 10 heteroatoms. The maximum atomic E-state index is 13.1. The summed E-state index contributed by atoms with van der Waals surface area (Å²) in [7, 11) is 1.81. The molecule has 8 nitrogen and oxygen atoms in total. The van der Waals surface area contributed by atoms with Crippen LogP contribution in [0.4, 0.5) is 5.69 Å². The van der Waals surface area contributed by atoms with Gasteiger partial charge in [-0.15, -0.1) is 0 Å². The monoisotopic (exact) mass is 463 g/mol. The van der Waals surface area contributed by atoms with Gasteiger partial charge in [0.1, 0.15) is 11.3 Å². The van der Waals surface area contributed by atoms with Crippen LogP contribution in [-0.2, 0) is 0 Å². The third-order valence-corrected chi connectivity index (χ3v) is 5.54. The van der Waals surface area contributed by atoms with E-state index < -0.39 is 0 Å². The minimum atomic E-state index is -0.134.